The third-order valence-electron chi connectivity index (χ3n) is 3.00. The number of carbonyl (C=O) groups is 1. The second kappa shape index (κ2) is 5.47. The lowest BCUT2D eigenvalue weighted by molar-refractivity contribution is -0.0728. The van der Waals surface area contributed by atoms with Gasteiger partial charge in [0.1, 0.15) is 5.60 Å². The van der Waals surface area contributed by atoms with Crippen molar-refractivity contribution in [1.29, 1.82) is 0 Å². The first-order chi connectivity index (χ1) is 8.17. The van der Waals surface area contributed by atoms with Crippen molar-refractivity contribution >= 4 is 6.09 Å². The molecular formula is C14H27NO3. The summed E-state index contributed by atoms with van der Waals surface area (Å²) in [5, 5.41) is 0. The number of ether oxygens (including phenoxy) is 2. The summed E-state index contributed by atoms with van der Waals surface area (Å²) in [5.41, 5.74) is -0.297. The van der Waals surface area contributed by atoms with Crippen LogP contribution in [0.5, 0.6) is 0 Å². The van der Waals surface area contributed by atoms with E-state index in [2.05, 4.69) is 13.8 Å². The smallest absolute Gasteiger partial charge is 0.410 e. The lowest BCUT2D eigenvalue weighted by Crippen LogP contribution is -2.61. The highest BCUT2D eigenvalue weighted by Gasteiger charge is 2.46. The molecule has 0 aromatic rings. The molecule has 0 aromatic heterocycles. The molecule has 4 heteroatoms. The minimum absolute atomic E-state index is 0.125. The maximum absolute atomic E-state index is 11.9. The van der Waals surface area contributed by atoms with E-state index in [1.165, 1.54) is 0 Å². The van der Waals surface area contributed by atoms with E-state index in [-0.39, 0.29) is 11.5 Å². The van der Waals surface area contributed by atoms with Gasteiger partial charge in [-0.3, -0.25) is 0 Å². The molecule has 4 nitrogen and oxygen atoms in total. The Labute approximate surface area is 111 Å². The zero-order valence-corrected chi connectivity index (χ0v) is 12.6. The molecule has 1 saturated heterocycles. The summed E-state index contributed by atoms with van der Waals surface area (Å²) in [6.07, 6.45) is 0.873. The van der Waals surface area contributed by atoms with Crippen molar-refractivity contribution in [3.8, 4) is 0 Å². The van der Waals surface area contributed by atoms with E-state index in [1.807, 2.05) is 20.8 Å². The van der Waals surface area contributed by atoms with E-state index in [0.29, 0.717) is 12.5 Å². The van der Waals surface area contributed by atoms with Crippen LogP contribution in [0.15, 0.2) is 0 Å². The van der Waals surface area contributed by atoms with Crippen LogP contribution in [0.2, 0.25) is 0 Å². The number of hydrogen-bond acceptors (Lipinski definition) is 3. The molecule has 1 fully saturated rings. The molecule has 0 atom stereocenters. The van der Waals surface area contributed by atoms with Crippen LogP contribution < -0.4 is 0 Å². The summed E-state index contributed by atoms with van der Waals surface area (Å²) in [6, 6.07) is 0. The molecule has 1 heterocycles. The maximum Gasteiger partial charge on any atom is 0.410 e. The average molecular weight is 257 g/mol. The standard InChI is InChI=1S/C14H27NO3/c1-11(2)7-14(10-17-6)8-15(9-14)12(16)18-13(3,4)5/h11H,7-10H2,1-6H3. The summed E-state index contributed by atoms with van der Waals surface area (Å²) in [4.78, 5) is 13.7. The number of likely N-dealkylation sites (tertiary alicyclic amines) is 1. The summed E-state index contributed by atoms with van der Waals surface area (Å²) >= 11 is 0. The lowest BCUT2D eigenvalue weighted by Gasteiger charge is -2.50. The molecule has 1 aliphatic rings. The van der Waals surface area contributed by atoms with E-state index in [1.54, 1.807) is 12.0 Å². The van der Waals surface area contributed by atoms with Gasteiger partial charge in [0.25, 0.3) is 0 Å². The van der Waals surface area contributed by atoms with E-state index >= 15 is 0 Å². The molecule has 0 aromatic carbocycles. The van der Waals surface area contributed by atoms with Crippen LogP contribution >= 0.6 is 0 Å². The van der Waals surface area contributed by atoms with Crippen LogP contribution in [0.1, 0.15) is 41.0 Å². The predicted molar refractivity (Wildman–Crippen MR) is 71.6 cm³/mol. The molecule has 0 bridgehead atoms. The molecule has 106 valence electrons. The minimum atomic E-state index is -0.422. The predicted octanol–water partition coefficient (Wildman–Crippen LogP) is 2.92. The summed E-state index contributed by atoms with van der Waals surface area (Å²) in [7, 11) is 1.72. The quantitative estimate of drug-likeness (QED) is 0.777. The number of carbonyl (C=O) groups excluding carboxylic acids is 1. The monoisotopic (exact) mass is 257 g/mol. The zero-order valence-electron chi connectivity index (χ0n) is 12.6. The Morgan fingerprint density at radius 2 is 1.89 bits per heavy atom. The van der Waals surface area contributed by atoms with Crippen LogP contribution in [-0.2, 0) is 9.47 Å². The van der Waals surface area contributed by atoms with Crippen molar-refractivity contribution in [3.63, 3.8) is 0 Å². The average Bonchev–Trinajstić information content (AvgIpc) is 2.09. The first-order valence-corrected chi connectivity index (χ1v) is 6.64. The van der Waals surface area contributed by atoms with Gasteiger partial charge in [-0.2, -0.15) is 0 Å². The van der Waals surface area contributed by atoms with Gasteiger partial charge in [-0.05, 0) is 33.1 Å². The Morgan fingerprint density at radius 3 is 2.28 bits per heavy atom. The first kappa shape index (κ1) is 15.3. The van der Waals surface area contributed by atoms with E-state index in [9.17, 15) is 4.79 Å². The fraction of sp³-hybridized carbons (Fsp3) is 0.929. The van der Waals surface area contributed by atoms with Crippen LogP contribution in [0.3, 0.4) is 0 Å². The number of nitrogens with zero attached hydrogens (tertiary/aromatic N) is 1. The van der Waals surface area contributed by atoms with Gasteiger partial charge >= 0.3 is 6.09 Å². The molecule has 18 heavy (non-hydrogen) atoms. The maximum atomic E-state index is 11.9. The lowest BCUT2D eigenvalue weighted by atomic mass is 9.74. The van der Waals surface area contributed by atoms with Crippen molar-refractivity contribution in [1.82, 2.24) is 4.90 Å². The fourth-order valence-electron chi connectivity index (χ4n) is 2.67. The molecule has 0 radical (unpaired) electrons. The Kier molecular flexibility index (Phi) is 4.65. The van der Waals surface area contributed by atoms with Crippen LogP contribution in [0.4, 0.5) is 4.79 Å². The molecular weight excluding hydrogens is 230 g/mol. The normalized spacial score (nSPS) is 18.7. The second-order valence-electron chi connectivity index (χ2n) is 6.87. The first-order valence-electron chi connectivity index (χ1n) is 6.64. The van der Waals surface area contributed by atoms with Crippen LogP contribution in [0, 0.1) is 11.3 Å². The zero-order chi connectivity index (χ0) is 14.0. The summed E-state index contributed by atoms with van der Waals surface area (Å²) < 4.78 is 10.7. The van der Waals surface area contributed by atoms with Crippen molar-refractivity contribution in [2.45, 2.75) is 46.6 Å². The Balaban J connectivity index is 2.50. The highest BCUT2D eigenvalue weighted by molar-refractivity contribution is 5.69. The van der Waals surface area contributed by atoms with Crippen molar-refractivity contribution < 1.29 is 14.3 Å². The molecule has 1 rings (SSSR count). The molecule has 1 aliphatic heterocycles. The van der Waals surface area contributed by atoms with Gasteiger partial charge < -0.3 is 14.4 Å². The molecule has 0 saturated carbocycles. The molecule has 0 spiro atoms. The fourth-order valence-corrected chi connectivity index (χ4v) is 2.67. The van der Waals surface area contributed by atoms with Gasteiger partial charge in [0.05, 0.1) is 6.61 Å². The number of amides is 1. The van der Waals surface area contributed by atoms with Gasteiger partial charge in [-0.15, -0.1) is 0 Å². The van der Waals surface area contributed by atoms with E-state index in [0.717, 1.165) is 19.5 Å². The highest BCUT2D eigenvalue weighted by atomic mass is 16.6. The van der Waals surface area contributed by atoms with Crippen molar-refractivity contribution in [2.75, 3.05) is 26.8 Å². The molecule has 0 unspecified atom stereocenters. The Morgan fingerprint density at radius 1 is 1.33 bits per heavy atom. The van der Waals surface area contributed by atoms with Crippen LogP contribution in [0.25, 0.3) is 0 Å². The minimum Gasteiger partial charge on any atom is -0.444 e. The van der Waals surface area contributed by atoms with Crippen molar-refractivity contribution in [3.05, 3.63) is 0 Å². The van der Waals surface area contributed by atoms with Gasteiger partial charge in [0.2, 0.25) is 0 Å². The summed E-state index contributed by atoms with van der Waals surface area (Å²) in [5.74, 6) is 0.612. The summed E-state index contributed by atoms with van der Waals surface area (Å²) in [6.45, 7) is 12.3. The molecule has 0 N–H and O–H groups in total. The highest BCUT2D eigenvalue weighted by Crippen LogP contribution is 2.37. The Bertz CT molecular complexity index is 288. The number of hydrogen-bond donors (Lipinski definition) is 0. The van der Waals surface area contributed by atoms with Gasteiger partial charge in [0.15, 0.2) is 0 Å². The topological polar surface area (TPSA) is 38.8 Å². The second-order valence-corrected chi connectivity index (χ2v) is 6.87. The number of methoxy groups -OCH3 is 1. The van der Waals surface area contributed by atoms with E-state index < -0.39 is 5.60 Å². The van der Waals surface area contributed by atoms with Gasteiger partial charge in [-0.25, -0.2) is 4.79 Å². The third-order valence-corrected chi connectivity index (χ3v) is 3.00. The van der Waals surface area contributed by atoms with Crippen molar-refractivity contribution in [2.24, 2.45) is 11.3 Å². The van der Waals surface area contributed by atoms with E-state index in [4.69, 9.17) is 9.47 Å². The van der Waals surface area contributed by atoms with Gasteiger partial charge in [-0.1, -0.05) is 13.8 Å². The van der Waals surface area contributed by atoms with Gasteiger partial charge in [0, 0.05) is 25.6 Å². The Hall–Kier alpha value is -0.770. The number of rotatable bonds is 4. The van der Waals surface area contributed by atoms with Crippen LogP contribution in [-0.4, -0.2) is 43.4 Å². The SMILES string of the molecule is COCC1(CC(C)C)CN(C(=O)OC(C)(C)C)C1. The third kappa shape index (κ3) is 4.16. The molecule has 1 amide bonds. The largest absolute Gasteiger partial charge is 0.444 e. The molecule has 0 aliphatic carbocycles.